The van der Waals surface area contributed by atoms with Crippen molar-refractivity contribution in [3.63, 3.8) is 0 Å². The summed E-state index contributed by atoms with van der Waals surface area (Å²) < 4.78 is 0. The van der Waals surface area contributed by atoms with Gasteiger partial charge in [0.2, 0.25) is 0 Å². The molecule has 98 valence electrons. The monoisotopic (exact) mass is 246 g/mol. The molecular formula is C16H22O2. The Balaban J connectivity index is 2.88. The van der Waals surface area contributed by atoms with E-state index in [1.165, 1.54) is 0 Å². The molecule has 18 heavy (non-hydrogen) atoms. The molecule has 0 spiro atoms. The van der Waals surface area contributed by atoms with Gasteiger partial charge in [0.1, 0.15) is 5.60 Å². The van der Waals surface area contributed by atoms with E-state index in [4.69, 9.17) is 0 Å². The topological polar surface area (TPSA) is 37.3 Å². The van der Waals surface area contributed by atoms with Crippen LogP contribution in [0.15, 0.2) is 48.6 Å². The van der Waals surface area contributed by atoms with E-state index < -0.39 is 5.60 Å². The minimum Gasteiger partial charge on any atom is -0.382 e. The first-order chi connectivity index (χ1) is 8.64. The molecule has 0 aromatic carbocycles. The average molecular weight is 246 g/mol. The van der Waals surface area contributed by atoms with Crippen molar-refractivity contribution in [2.75, 3.05) is 0 Å². The number of hydrogen-bond acceptors (Lipinski definition) is 2. The first kappa shape index (κ1) is 14.7. The number of carbonyl (C=O) groups is 1. The summed E-state index contributed by atoms with van der Waals surface area (Å²) in [6.07, 6.45) is 14.6. The SMILES string of the molecule is C=C\C=C(/C=C\C=C/C)C(=O)C1(O)CCCCC1. The highest BCUT2D eigenvalue weighted by atomic mass is 16.3. The van der Waals surface area contributed by atoms with E-state index in [1.807, 2.05) is 19.1 Å². The van der Waals surface area contributed by atoms with Crippen LogP contribution in [0, 0.1) is 0 Å². The lowest BCUT2D eigenvalue weighted by Crippen LogP contribution is -2.41. The van der Waals surface area contributed by atoms with Crippen LogP contribution in [0.5, 0.6) is 0 Å². The fourth-order valence-corrected chi connectivity index (χ4v) is 2.24. The quantitative estimate of drug-likeness (QED) is 0.595. The van der Waals surface area contributed by atoms with Gasteiger partial charge in [-0.25, -0.2) is 0 Å². The first-order valence-electron chi connectivity index (χ1n) is 6.53. The highest BCUT2D eigenvalue weighted by Gasteiger charge is 2.37. The maximum Gasteiger partial charge on any atom is 0.194 e. The molecule has 0 saturated heterocycles. The van der Waals surface area contributed by atoms with Crippen molar-refractivity contribution in [1.82, 2.24) is 0 Å². The van der Waals surface area contributed by atoms with Crippen LogP contribution in [0.25, 0.3) is 0 Å². The summed E-state index contributed by atoms with van der Waals surface area (Å²) in [5.74, 6) is -0.178. The molecule has 0 aromatic heterocycles. The van der Waals surface area contributed by atoms with E-state index >= 15 is 0 Å². The smallest absolute Gasteiger partial charge is 0.194 e. The van der Waals surface area contributed by atoms with Crippen molar-refractivity contribution >= 4 is 5.78 Å². The Bertz CT molecular complexity index is 380. The molecule has 0 amide bonds. The molecule has 0 heterocycles. The number of ketones is 1. The Hall–Kier alpha value is -1.41. The maximum atomic E-state index is 12.4. The van der Waals surface area contributed by atoms with Gasteiger partial charge >= 0.3 is 0 Å². The van der Waals surface area contributed by atoms with Gasteiger partial charge in [0, 0.05) is 5.57 Å². The van der Waals surface area contributed by atoms with E-state index in [0.717, 1.165) is 19.3 Å². The van der Waals surface area contributed by atoms with Crippen molar-refractivity contribution < 1.29 is 9.90 Å². The second-order valence-electron chi connectivity index (χ2n) is 4.66. The van der Waals surface area contributed by atoms with Crippen molar-refractivity contribution in [3.05, 3.63) is 48.6 Å². The number of rotatable bonds is 5. The number of carbonyl (C=O) groups excluding carboxylic acids is 1. The Kier molecular flexibility index (Phi) is 5.79. The molecule has 0 aliphatic heterocycles. The molecule has 1 saturated carbocycles. The third-order valence-corrected chi connectivity index (χ3v) is 3.24. The van der Waals surface area contributed by atoms with E-state index in [1.54, 1.807) is 24.3 Å². The lowest BCUT2D eigenvalue weighted by molar-refractivity contribution is -0.136. The molecular weight excluding hydrogens is 224 g/mol. The predicted octanol–water partition coefficient (Wildman–Crippen LogP) is 3.50. The second kappa shape index (κ2) is 7.12. The van der Waals surface area contributed by atoms with Crippen LogP contribution in [0.1, 0.15) is 39.0 Å². The third kappa shape index (κ3) is 3.81. The molecule has 0 bridgehead atoms. The molecule has 0 aromatic rings. The number of hydrogen-bond donors (Lipinski definition) is 1. The molecule has 0 atom stereocenters. The highest BCUT2D eigenvalue weighted by Crippen LogP contribution is 2.31. The van der Waals surface area contributed by atoms with Crippen molar-refractivity contribution in [3.8, 4) is 0 Å². The zero-order valence-electron chi connectivity index (χ0n) is 11.1. The Morgan fingerprint density at radius 1 is 1.22 bits per heavy atom. The van der Waals surface area contributed by atoms with E-state index in [2.05, 4.69) is 6.58 Å². The molecule has 0 unspecified atom stereocenters. The summed E-state index contributed by atoms with van der Waals surface area (Å²) in [6, 6.07) is 0. The first-order valence-corrected chi connectivity index (χ1v) is 6.53. The summed E-state index contributed by atoms with van der Waals surface area (Å²) in [7, 11) is 0. The lowest BCUT2D eigenvalue weighted by Gasteiger charge is -2.30. The molecule has 1 aliphatic rings. The van der Waals surface area contributed by atoms with Crippen LogP contribution < -0.4 is 0 Å². The molecule has 1 rings (SSSR count). The maximum absolute atomic E-state index is 12.4. The van der Waals surface area contributed by atoms with Crippen LogP contribution in [0.2, 0.25) is 0 Å². The second-order valence-corrected chi connectivity index (χ2v) is 4.66. The molecule has 1 fully saturated rings. The zero-order chi connectivity index (χ0) is 13.4. The number of allylic oxidation sites excluding steroid dienone is 6. The Labute approximate surface area is 109 Å². The molecule has 0 radical (unpaired) electrons. The molecule has 2 nitrogen and oxygen atoms in total. The molecule has 2 heteroatoms. The van der Waals surface area contributed by atoms with Gasteiger partial charge in [-0.15, -0.1) is 0 Å². The standard InChI is InChI=1S/C16H22O2/c1-3-5-7-11-14(10-4-2)15(17)16(18)12-8-6-9-13-16/h3-5,7,10-11,18H,2,6,8-9,12-13H2,1H3/b5-3-,11-7-,14-10+. The minimum absolute atomic E-state index is 0.178. The fraction of sp³-hybridized carbons (Fsp3) is 0.438. The van der Waals surface area contributed by atoms with Crippen LogP contribution in [-0.2, 0) is 4.79 Å². The van der Waals surface area contributed by atoms with Gasteiger partial charge in [-0.05, 0) is 19.8 Å². The van der Waals surface area contributed by atoms with E-state index in [0.29, 0.717) is 18.4 Å². The van der Waals surface area contributed by atoms with Gasteiger partial charge in [-0.1, -0.05) is 62.3 Å². The Morgan fingerprint density at radius 2 is 1.89 bits per heavy atom. The van der Waals surface area contributed by atoms with Gasteiger partial charge in [0.15, 0.2) is 5.78 Å². The van der Waals surface area contributed by atoms with Crippen LogP contribution in [-0.4, -0.2) is 16.5 Å². The van der Waals surface area contributed by atoms with Crippen LogP contribution >= 0.6 is 0 Å². The van der Waals surface area contributed by atoms with E-state index in [-0.39, 0.29) is 5.78 Å². The lowest BCUT2D eigenvalue weighted by atomic mass is 9.79. The van der Waals surface area contributed by atoms with Crippen molar-refractivity contribution in [2.45, 2.75) is 44.6 Å². The molecule has 1 aliphatic carbocycles. The van der Waals surface area contributed by atoms with Crippen LogP contribution in [0.3, 0.4) is 0 Å². The van der Waals surface area contributed by atoms with Crippen LogP contribution in [0.4, 0.5) is 0 Å². The minimum atomic E-state index is -1.17. The summed E-state index contributed by atoms with van der Waals surface area (Å²) >= 11 is 0. The van der Waals surface area contributed by atoms with E-state index in [9.17, 15) is 9.90 Å². The third-order valence-electron chi connectivity index (χ3n) is 3.24. The molecule has 1 N–H and O–H groups in total. The average Bonchev–Trinajstić information content (AvgIpc) is 2.38. The summed E-state index contributed by atoms with van der Waals surface area (Å²) in [5.41, 5.74) is -0.652. The predicted molar refractivity (Wildman–Crippen MR) is 75.3 cm³/mol. The zero-order valence-corrected chi connectivity index (χ0v) is 11.1. The fourth-order valence-electron chi connectivity index (χ4n) is 2.24. The number of Topliss-reactive ketones (excluding diaryl/α,β-unsaturated/α-hetero) is 1. The van der Waals surface area contributed by atoms with Crippen molar-refractivity contribution in [2.24, 2.45) is 0 Å². The van der Waals surface area contributed by atoms with Gasteiger partial charge in [0.25, 0.3) is 0 Å². The summed E-state index contributed by atoms with van der Waals surface area (Å²) in [4.78, 5) is 12.4. The Morgan fingerprint density at radius 3 is 2.44 bits per heavy atom. The van der Waals surface area contributed by atoms with Gasteiger partial charge < -0.3 is 5.11 Å². The van der Waals surface area contributed by atoms with Gasteiger partial charge in [0.05, 0.1) is 0 Å². The normalized spacial score (nSPS) is 20.4. The summed E-state index contributed by atoms with van der Waals surface area (Å²) in [6.45, 7) is 5.53. The highest BCUT2D eigenvalue weighted by molar-refractivity contribution is 6.04. The van der Waals surface area contributed by atoms with Crippen molar-refractivity contribution in [1.29, 1.82) is 0 Å². The summed E-state index contributed by atoms with van der Waals surface area (Å²) in [5, 5.41) is 10.4. The number of aliphatic hydroxyl groups is 1. The largest absolute Gasteiger partial charge is 0.382 e. The van der Waals surface area contributed by atoms with Gasteiger partial charge in [-0.3, -0.25) is 4.79 Å². The van der Waals surface area contributed by atoms with Gasteiger partial charge in [-0.2, -0.15) is 0 Å².